The molecule has 0 spiro atoms. The van der Waals surface area contributed by atoms with Crippen molar-refractivity contribution in [3.8, 4) is 0 Å². The third kappa shape index (κ3) is 5.05. The van der Waals surface area contributed by atoms with E-state index in [1.807, 2.05) is 12.1 Å². The van der Waals surface area contributed by atoms with Gasteiger partial charge in [0.2, 0.25) is 0 Å². The van der Waals surface area contributed by atoms with Gasteiger partial charge < -0.3 is 5.11 Å². The summed E-state index contributed by atoms with van der Waals surface area (Å²) in [6.45, 7) is 8.59. The van der Waals surface area contributed by atoms with E-state index in [9.17, 15) is 9.90 Å². The van der Waals surface area contributed by atoms with Crippen molar-refractivity contribution in [2.75, 3.05) is 0 Å². The highest BCUT2D eigenvalue weighted by Gasteiger charge is 2.13. The molecule has 2 nitrogen and oxygen atoms in total. The second-order valence-corrected chi connectivity index (χ2v) is 8.72. The van der Waals surface area contributed by atoms with Gasteiger partial charge in [-0.2, -0.15) is 0 Å². The molecule has 0 fully saturated rings. The van der Waals surface area contributed by atoms with Crippen molar-refractivity contribution in [3.05, 3.63) is 53.6 Å². The third-order valence-corrected chi connectivity index (χ3v) is 5.39. The fourth-order valence-corrected chi connectivity index (χ4v) is 4.09. The lowest BCUT2D eigenvalue weighted by Gasteiger charge is -2.11. The minimum atomic E-state index is -0.882. The summed E-state index contributed by atoms with van der Waals surface area (Å²) >= 11 is 3.25. The molecule has 0 atom stereocenters. The van der Waals surface area contributed by atoms with Crippen molar-refractivity contribution in [2.45, 2.75) is 53.5 Å². The average Bonchev–Trinajstić information content (AvgIpc) is 2.47. The van der Waals surface area contributed by atoms with Crippen molar-refractivity contribution in [1.29, 1.82) is 0 Å². The lowest BCUT2D eigenvalue weighted by Crippen LogP contribution is -1.99. The van der Waals surface area contributed by atoms with Gasteiger partial charge in [0.05, 0.1) is 5.56 Å². The van der Waals surface area contributed by atoms with Crippen LogP contribution in [-0.4, -0.2) is 16.3 Å². The number of thioether (sulfide) groups is 1. The Morgan fingerprint density at radius 3 is 2.09 bits per heavy atom. The van der Waals surface area contributed by atoms with E-state index >= 15 is 0 Å². The van der Waals surface area contributed by atoms with Crippen molar-refractivity contribution < 1.29 is 9.90 Å². The molecule has 0 amide bonds. The molecule has 0 bridgehead atoms. The van der Waals surface area contributed by atoms with Gasteiger partial charge >= 0.3 is 5.97 Å². The van der Waals surface area contributed by atoms with E-state index in [0.29, 0.717) is 16.7 Å². The van der Waals surface area contributed by atoms with E-state index in [1.165, 1.54) is 17.3 Å². The summed E-state index contributed by atoms with van der Waals surface area (Å²) in [5.74, 6) is -0.387. The summed E-state index contributed by atoms with van der Waals surface area (Å²) in [6.07, 6.45) is 0. The van der Waals surface area contributed by atoms with Crippen LogP contribution in [0.3, 0.4) is 0 Å². The maximum Gasteiger partial charge on any atom is 0.336 e. The number of rotatable bonds is 6. The van der Waals surface area contributed by atoms with Gasteiger partial charge in [0.15, 0.2) is 0 Å². The molecule has 2 rings (SSSR count). The second kappa shape index (κ2) is 7.93. The Hall–Kier alpha value is -1.39. The fraction of sp³-hybridized carbons (Fsp3) is 0.316. The standard InChI is InChI=1S/C19H22O2S2/c1-12(2)14-5-7-15(8-6-14)23-18-11-16(22-13(3)4)9-10-17(18)19(20)21/h5-13H,1-4H3,(H,20,21). The number of aromatic carboxylic acids is 1. The molecule has 2 aromatic rings. The van der Waals surface area contributed by atoms with Crippen LogP contribution in [0.1, 0.15) is 49.5 Å². The Morgan fingerprint density at radius 1 is 0.957 bits per heavy atom. The van der Waals surface area contributed by atoms with Gasteiger partial charge in [0, 0.05) is 19.9 Å². The Balaban J connectivity index is 2.30. The molecule has 0 aromatic heterocycles. The molecule has 0 unspecified atom stereocenters. The number of hydrogen-bond donors (Lipinski definition) is 1. The van der Waals surface area contributed by atoms with E-state index in [1.54, 1.807) is 17.8 Å². The average molecular weight is 347 g/mol. The van der Waals surface area contributed by atoms with Crippen molar-refractivity contribution in [1.82, 2.24) is 0 Å². The highest BCUT2D eigenvalue weighted by atomic mass is 32.2. The highest BCUT2D eigenvalue weighted by Crippen LogP contribution is 2.35. The predicted molar refractivity (Wildman–Crippen MR) is 99.0 cm³/mol. The van der Waals surface area contributed by atoms with Gasteiger partial charge in [-0.15, -0.1) is 11.8 Å². The maximum absolute atomic E-state index is 11.5. The largest absolute Gasteiger partial charge is 0.478 e. The molecule has 0 aliphatic carbocycles. The van der Waals surface area contributed by atoms with Gasteiger partial charge in [-0.05, 0) is 41.8 Å². The third-order valence-electron chi connectivity index (χ3n) is 3.33. The van der Waals surface area contributed by atoms with Crippen LogP contribution in [0, 0.1) is 0 Å². The lowest BCUT2D eigenvalue weighted by molar-refractivity contribution is 0.0693. The summed E-state index contributed by atoms with van der Waals surface area (Å²) < 4.78 is 0. The zero-order valence-corrected chi connectivity index (χ0v) is 15.5. The Bertz CT molecular complexity index is 676. The van der Waals surface area contributed by atoms with Crippen LogP contribution in [0.5, 0.6) is 0 Å². The molecule has 0 aliphatic heterocycles. The van der Waals surface area contributed by atoms with Crippen molar-refractivity contribution in [2.24, 2.45) is 0 Å². The highest BCUT2D eigenvalue weighted by molar-refractivity contribution is 8.00. The van der Waals surface area contributed by atoms with Gasteiger partial charge in [0.25, 0.3) is 0 Å². The zero-order valence-electron chi connectivity index (χ0n) is 13.9. The monoisotopic (exact) mass is 346 g/mol. The molecule has 122 valence electrons. The smallest absolute Gasteiger partial charge is 0.336 e. The summed E-state index contributed by atoms with van der Waals surface area (Å²) in [4.78, 5) is 14.4. The van der Waals surface area contributed by atoms with E-state index < -0.39 is 5.97 Å². The quantitative estimate of drug-likeness (QED) is 0.636. The zero-order chi connectivity index (χ0) is 17.0. The van der Waals surface area contributed by atoms with Crippen LogP contribution in [0.2, 0.25) is 0 Å². The van der Waals surface area contributed by atoms with Crippen molar-refractivity contribution >= 4 is 29.5 Å². The van der Waals surface area contributed by atoms with Crippen LogP contribution in [0.25, 0.3) is 0 Å². The molecule has 23 heavy (non-hydrogen) atoms. The van der Waals surface area contributed by atoms with Crippen LogP contribution >= 0.6 is 23.5 Å². The number of hydrogen-bond acceptors (Lipinski definition) is 3. The first-order valence-corrected chi connectivity index (χ1v) is 9.38. The Labute approximate surface area is 146 Å². The topological polar surface area (TPSA) is 37.3 Å². The summed E-state index contributed by atoms with van der Waals surface area (Å²) in [5.41, 5.74) is 1.65. The SMILES string of the molecule is CC(C)Sc1ccc(C(=O)O)c(Sc2ccc(C(C)C)cc2)c1. The fourth-order valence-electron chi connectivity index (χ4n) is 2.16. The summed E-state index contributed by atoms with van der Waals surface area (Å²) in [5, 5.41) is 9.88. The molecule has 4 heteroatoms. The molecule has 2 aromatic carbocycles. The molecule has 0 saturated carbocycles. The van der Waals surface area contributed by atoms with Gasteiger partial charge in [-0.3, -0.25) is 0 Å². The van der Waals surface area contributed by atoms with Crippen molar-refractivity contribution in [3.63, 3.8) is 0 Å². The summed E-state index contributed by atoms with van der Waals surface area (Å²) in [7, 11) is 0. The van der Waals surface area contributed by atoms with E-state index in [4.69, 9.17) is 0 Å². The van der Waals surface area contributed by atoms with Crippen LogP contribution in [-0.2, 0) is 0 Å². The van der Waals surface area contributed by atoms with E-state index in [-0.39, 0.29) is 0 Å². The van der Waals surface area contributed by atoms with Gasteiger partial charge in [-0.1, -0.05) is 51.6 Å². The van der Waals surface area contributed by atoms with Crippen LogP contribution < -0.4 is 0 Å². The number of carboxylic acids is 1. The maximum atomic E-state index is 11.5. The first kappa shape index (κ1) is 18.0. The first-order valence-electron chi connectivity index (χ1n) is 7.68. The second-order valence-electron chi connectivity index (χ2n) is 5.96. The number of carbonyl (C=O) groups is 1. The molecular weight excluding hydrogens is 324 g/mol. The molecule has 1 N–H and O–H groups in total. The van der Waals surface area contributed by atoms with Crippen LogP contribution in [0.15, 0.2) is 57.2 Å². The molecular formula is C19H22O2S2. The Morgan fingerprint density at radius 2 is 1.57 bits per heavy atom. The minimum Gasteiger partial charge on any atom is -0.478 e. The van der Waals surface area contributed by atoms with E-state index in [0.717, 1.165) is 14.7 Å². The first-order chi connectivity index (χ1) is 10.9. The minimum absolute atomic E-state index is 0.357. The predicted octanol–water partition coefficient (Wildman–Crippen LogP) is 6.16. The Kier molecular flexibility index (Phi) is 6.19. The molecule has 0 saturated heterocycles. The number of carboxylic acid groups (broad SMARTS) is 1. The van der Waals surface area contributed by atoms with Gasteiger partial charge in [0.1, 0.15) is 0 Å². The number of benzene rings is 2. The summed E-state index contributed by atoms with van der Waals surface area (Å²) in [6, 6.07) is 13.9. The lowest BCUT2D eigenvalue weighted by atomic mass is 10.0. The van der Waals surface area contributed by atoms with E-state index in [2.05, 4.69) is 52.0 Å². The van der Waals surface area contributed by atoms with Crippen LogP contribution in [0.4, 0.5) is 0 Å². The van der Waals surface area contributed by atoms with Gasteiger partial charge in [-0.25, -0.2) is 4.79 Å². The molecule has 0 heterocycles. The normalized spacial score (nSPS) is 11.2. The molecule has 0 aliphatic rings. The molecule has 0 radical (unpaired) electrons.